The van der Waals surface area contributed by atoms with Gasteiger partial charge in [-0.15, -0.1) is 0 Å². The van der Waals surface area contributed by atoms with Gasteiger partial charge in [0.05, 0.1) is 23.9 Å². The minimum atomic E-state index is -2.95. The Morgan fingerprint density at radius 2 is 1.89 bits per heavy atom. The van der Waals surface area contributed by atoms with Gasteiger partial charge in [0.1, 0.15) is 5.75 Å². The molecular weight excluding hydrogens is 380 g/mol. The van der Waals surface area contributed by atoms with E-state index in [0.717, 1.165) is 6.42 Å². The molecule has 0 aliphatic carbocycles. The van der Waals surface area contributed by atoms with Crippen LogP contribution in [0.4, 0.5) is 14.5 Å². The van der Waals surface area contributed by atoms with Gasteiger partial charge < -0.3 is 19.5 Å². The Bertz CT molecular complexity index is 858. The lowest BCUT2D eigenvalue weighted by molar-refractivity contribution is -0.111. The summed E-state index contributed by atoms with van der Waals surface area (Å²) >= 11 is 6.18. The summed E-state index contributed by atoms with van der Waals surface area (Å²) < 4.78 is 40.4. The molecule has 1 heterocycles. The van der Waals surface area contributed by atoms with E-state index < -0.39 is 12.5 Å². The number of halogens is 3. The van der Waals surface area contributed by atoms with Crippen LogP contribution in [0.15, 0.2) is 42.5 Å². The lowest BCUT2D eigenvalue weighted by Gasteiger charge is -2.11. The third-order valence-electron chi connectivity index (χ3n) is 3.64. The van der Waals surface area contributed by atoms with Gasteiger partial charge >= 0.3 is 6.61 Å². The largest absolute Gasteiger partial charge is 0.490 e. The fourth-order valence-electron chi connectivity index (χ4n) is 2.44. The zero-order valence-corrected chi connectivity index (χ0v) is 14.8. The van der Waals surface area contributed by atoms with E-state index in [2.05, 4.69) is 10.1 Å². The van der Waals surface area contributed by atoms with Crippen LogP contribution in [-0.2, 0) is 4.79 Å². The zero-order valence-electron chi connectivity index (χ0n) is 14.1. The molecule has 142 valence electrons. The maximum absolute atomic E-state index is 12.4. The predicted octanol–water partition coefficient (Wildman–Crippen LogP) is 4.75. The molecule has 1 N–H and O–H groups in total. The van der Waals surface area contributed by atoms with E-state index in [4.69, 9.17) is 21.1 Å². The molecule has 2 aromatic carbocycles. The summed E-state index contributed by atoms with van der Waals surface area (Å²) in [6.07, 6.45) is 3.33. The number of benzene rings is 2. The van der Waals surface area contributed by atoms with Crippen LogP contribution in [0.3, 0.4) is 0 Å². The molecule has 1 aliphatic rings. The number of ether oxygens (including phenoxy) is 3. The maximum Gasteiger partial charge on any atom is 0.387 e. The van der Waals surface area contributed by atoms with E-state index in [0.29, 0.717) is 41.0 Å². The molecule has 0 fully saturated rings. The second-order valence-electron chi connectivity index (χ2n) is 5.57. The fourth-order valence-corrected chi connectivity index (χ4v) is 2.64. The van der Waals surface area contributed by atoms with Crippen molar-refractivity contribution in [3.8, 4) is 17.2 Å². The molecule has 0 aromatic heterocycles. The molecule has 1 amide bonds. The van der Waals surface area contributed by atoms with Gasteiger partial charge in [0.15, 0.2) is 11.5 Å². The highest BCUT2D eigenvalue weighted by Gasteiger charge is 2.15. The van der Waals surface area contributed by atoms with Gasteiger partial charge in [0, 0.05) is 30.2 Å². The Morgan fingerprint density at radius 1 is 1.19 bits per heavy atom. The topological polar surface area (TPSA) is 56.8 Å². The molecule has 5 nitrogen and oxygen atoms in total. The Balaban J connectivity index is 1.73. The average molecular weight is 396 g/mol. The molecule has 0 saturated heterocycles. The second-order valence-corrected chi connectivity index (χ2v) is 5.98. The molecule has 0 radical (unpaired) electrons. The van der Waals surface area contributed by atoms with Crippen LogP contribution in [0.25, 0.3) is 6.08 Å². The van der Waals surface area contributed by atoms with Crippen LogP contribution in [0.5, 0.6) is 17.2 Å². The zero-order chi connectivity index (χ0) is 19.2. The van der Waals surface area contributed by atoms with Gasteiger partial charge in [-0.2, -0.15) is 8.78 Å². The van der Waals surface area contributed by atoms with Crippen LogP contribution in [0.1, 0.15) is 12.0 Å². The van der Waals surface area contributed by atoms with E-state index >= 15 is 0 Å². The molecule has 0 unspecified atom stereocenters. The first kappa shape index (κ1) is 19.0. The van der Waals surface area contributed by atoms with E-state index in [-0.39, 0.29) is 5.75 Å². The number of rotatable bonds is 5. The van der Waals surface area contributed by atoms with Crippen LogP contribution in [0.2, 0.25) is 5.02 Å². The van der Waals surface area contributed by atoms with Crippen LogP contribution in [0, 0.1) is 0 Å². The quantitative estimate of drug-likeness (QED) is 0.742. The predicted molar refractivity (Wildman–Crippen MR) is 97.8 cm³/mol. The number of anilines is 1. The minimum absolute atomic E-state index is 0.0230. The molecule has 2 aromatic rings. The van der Waals surface area contributed by atoms with Crippen molar-refractivity contribution in [1.82, 2.24) is 0 Å². The number of hydrogen-bond acceptors (Lipinski definition) is 4. The number of fused-ring (bicyclic) bond motifs is 1. The highest BCUT2D eigenvalue weighted by molar-refractivity contribution is 6.34. The summed E-state index contributed by atoms with van der Waals surface area (Å²) in [6, 6.07) is 9.32. The highest BCUT2D eigenvalue weighted by atomic mass is 35.5. The number of para-hydroxylation sites is 1. The van der Waals surface area contributed by atoms with E-state index in [1.807, 2.05) is 0 Å². The number of hydrogen-bond donors (Lipinski definition) is 1. The van der Waals surface area contributed by atoms with Gasteiger partial charge in [0.25, 0.3) is 0 Å². The number of nitrogens with one attached hydrogen (secondary N) is 1. The lowest BCUT2D eigenvalue weighted by atomic mass is 10.2. The number of alkyl halides is 2. The van der Waals surface area contributed by atoms with Crippen molar-refractivity contribution in [3.63, 3.8) is 0 Å². The third kappa shape index (κ3) is 5.10. The van der Waals surface area contributed by atoms with Crippen molar-refractivity contribution in [2.45, 2.75) is 13.0 Å². The van der Waals surface area contributed by atoms with E-state index in [1.165, 1.54) is 18.2 Å². The lowest BCUT2D eigenvalue weighted by Crippen LogP contribution is -2.09. The summed E-state index contributed by atoms with van der Waals surface area (Å²) in [5.74, 6) is 0.499. The maximum atomic E-state index is 12.4. The van der Waals surface area contributed by atoms with Crippen LogP contribution >= 0.6 is 11.6 Å². The molecule has 0 atom stereocenters. The number of amides is 1. The van der Waals surface area contributed by atoms with Crippen LogP contribution < -0.4 is 19.5 Å². The molecule has 0 saturated carbocycles. The molecule has 1 aliphatic heterocycles. The van der Waals surface area contributed by atoms with E-state index in [1.54, 1.807) is 30.3 Å². The van der Waals surface area contributed by atoms with Crippen molar-refractivity contribution in [3.05, 3.63) is 53.1 Å². The van der Waals surface area contributed by atoms with Gasteiger partial charge in [0.2, 0.25) is 5.91 Å². The molecule has 27 heavy (non-hydrogen) atoms. The van der Waals surface area contributed by atoms with Gasteiger partial charge in [-0.05, 0) is 12.1 Å². The molecule has 3 rings (SSSR count). The van der Waals surface area contributed by atoms with E-state index in [9.17, 15) is 13.6 Å². The summed E-state index contributed by atoms with van der Waals surface area (Å²) in [4.78, 5) is 12.2. The van der Waals surface area contributed by atoms with Crippen molar-refractivity contribution in [1.29, 1.82) is 0 Å². The Kier molecular flexibility index (Phi) is 6.13. The van der Waals surface area contributed by atoms with Crippen molar-refractivity contribution in [2.24, 2.45) is 0 Å². The molecule has 0 spiro atoms. The molecular formula is C19H16ClF2NO4. The van der Waals surface area contributed by atoms with Crippen molar-refractivity contribution in [2.75, 3.05) is 18.5 Å². The second kappa shape index (κ2) is 8.73. The smallest absolute Gasteiger partial charge is 0.387 e. The third-order valence-corrected chi connectivity index (χ3v) is 3.96. The van der Waals surface area contributed by atoms with Crippen LogP contribution in [-0.4, -0.2) is 25.7 Å². The summed E-state index contributed by atoms with van der Waals surface area (Å²) in [6.45, 7) is -1.92. The number of carbonyl (C=O) groups excluding carboxylic acids is 1. The summed E-state index contributed by atoms with van der Waals surface area (Å²) in [7, 11) is 0. The SMILES string of the molecule is O=C(/C=C/c1ccccc1OC(F)F)Nc1cc2c(cc1Cl)OCCCO2. The molecule has 8 heteroatoms. The first-order chi connectivity index (χ1) is 13.0. The molecule has 0 bridgehead atoms. The highest BCUT2D eigenvalue weighted by Crippen LogP contribution is 2.37. The Labute approximate surface area is 159 Å². The minimum Gasteiger partial charge on any atom is -0.490 e. The monoisotopic (exact) mass is 395 g/mol. The normalized spacial score (nSPS) is 13.5. The van der Waals surface area contributed by atoms with Crippen molar-refractivity contribution >= 4 is 29.3 Å². The summed E-state index contributed by atoms with van der Waals surface area (Å²) in [5, 5.41) is 2.92. The standard InChI is InChI=1S/C19H16ClF2NO4/c20-13-10-16-17(26-9-3-8-25-16)11-14(13)23-18(24)7-6-12-4-1-2-5-15(12)27-19(21)22/h1-2,4-7,10-11,19H,3,8-9H2,(H,23,24)/b7-6+. The Morgan fingerprint density at radius 3 is 2.63 bits per heavy atom. The van der Waals surface area contributed by atoms with Gasteiger partial charge in [-0.3, -0.25) is 4.79 Å². The summed E-state index contributed by atoms with van der Waals surface area (Å²) in [5.41, 5.74) is 0.699. The fraction of sp³-hybridized carbons (Fsp3) is 0.211. The first-order valence-corrected chi connectivity index (χ1v) is 8.53. The van der Waals surface area contributed by atoms with Crippen molar-refractivity contribution < 1.29 is 27.8 Å². The number of carbonyl (C=O) groups is 1. The average Bonchev–Trinajstić information content (AvgIpc) is 2.86. The Hall–Kier alpha value is -2.80. The van der Waals surface area contributed by atoms with Gasteiger partial charge in [-0.1, -0.05) is 29.8 Å². The van der Waals surface area contributed by atoms with Gasteiger partial charge in [-0.25, -0.2) is 0 Å². The first-order valence-electron chi connectivity index (χ1n) is 8.15.